The number of hydrogen-bond donors (Lipinski definition) is 1. The molecular weight excluding hydrogens is 245 g/mol. The SMILES string of the molecule is CC(C)C(C#N)C(=O)Nc1c(F)cc(F)cc1F. The minimum Gasteiger partial charge on any atom is -0.320 e. The Bertz CT molecular complexity index is 486. The molecule has 0 spiro atoms. The third kappa shape index (κ3) is 3.00. The fourth-order valence-electron chi connectivity index (χ4n) is 1.37. The van der Waals surface area contributed by atoms with Gasteiger partial charge in [0.1, 0.15) is 17.4 Å². The summed E-state index contributed by atoms with van der Waals surface area (Å²) < 4.78 is 39.2. The molecule has 1 atom stereocenters. The van der Waals surface area contributed by atoms with Crippen molar-refractivity contribution in [2.75, 3.05) is 5.32 Å². The Hall–Kier alpha value is -2.03. The number of anilines is 1. The fourth-order valence-corrected chi connectivity index (χ4v) is 1.37. The molecule has 1 unspecified atom stereocenters. The summed E-state index contributed by atoms with van der Waals surface area (Å²) in [5.74, 6) is -5.68. The predicted molar refractivity (Wildman–Crippen MR) is 58.9 cm³/mol. The summed E-state index contributed by atoms with van der Waals surface area (Å²) >= 11 is 0. The van der Waals surface area contributed by atoms with E-state index in [0.29, 0.717) is 12.1 Å². The van der Waals surface area contributed by atoms with Gasteiger partial charge in [-0.25, -0.2) is 13.2 Å². The fraction of sp³-hybridized carbons (Fsp3) is 0.333. The monoisotopic (exact) mass is 256 g/mol. The Morgan fingerprint density at radius 3 is 2.17 bits per heavy atom. The van der Waals surface area contributed by atoms with Gasteiger partial charge < -0.3 is 5.32 Å². The zero-order valence-electron chi connectivity index (χ0n) is 9.80. The molecule has 1 aromatic carbocycles. The summed E-state index contributed by atoms with van der Waals surface area (Å²) in [4.78, 5) is 11.6. The zero-order chi connectivity index (χ0) is 13.9. The maximum Gasteiger partial charge on any atom is 0.242 e. The number of rotatable bonds is 3. The molecule has 0 aliphatic rings. The Morgan fingerprint density at radius 1 is 1.28 bits per heavy atom. The van der Waals surface area contributed by atoms with Crippen LogP contribution in [0.1, 0.15) is 13.8 Å². The first-order valence-corrected chi connectivity index (χ1v) is 5.21. The first-order valence-electron chi connectivity index (χ1n) is 5.21. The van der Waals surface area contributed by atoms with E-state index in [2.05, 4.69) is 0 Å². The van der Waals surface area contributed by atoms with E-state index in [4.69, 9.17) is 5.26 Å². The van der Waals surface area contributed by atoms with Crippen molar-refractivity contribution in [3.05, 3.63) is 29.6 Å². The zero-order valence-corrected chi connectivity index (χ0v) is 9.80. The standard InChI is InChI=1S/C12H11F3N2O/c1-6(2)8(5-16)12(18)17-11-9(14)3-7(13)4-10(11)15/h3-4,6,8H,1-2H3,(H,17,18). The second-order valence-electron chi connectivity index (χ2n) is 4.08. The van der Waals surface area contributed by atoms with Crippen molar-refractivity contribution in [3.8, 4) is 6.07 Å². The molecule has 0 aliphatic heterocycles. The minimum atomic E-state index is -1.22. The molecule has 18 heavy (non-hydrogen) atoms. The van der Waals surface area contributed by atoms with Crippen molar-refractivity contribution in [1.82, 2.24) is 0 Å². The summed E-state index contributed by atoms with van der Waals surface area (Å²) in [5.41, 5.74) is -0.748. The highest BCUT2D eigenvalue weighted by molar-refractivity contribution is 5.94. The van der Waals surface area contributed by atoms with Crippen LogP contribution >= 0.6 is 0 Å². The van der Waals surface area contributed by atoms with Crippen LogP contribution in [-0.2, 0) is 4.79 Å². The lowest BCUT2D eigenvalue weighted by molar-refractivity contribution is -0.119. The lowest BCUT2D eigenvalue weighted by Crippen LogP contribution is -2.26. The normalized spacial score (nSPS) is 12.1. The first-order chi connectivity index (χ1) is 8.36. The number of halogens is 3. The van der Waals surface area contributed by atoms with Gasteiger partial charge in [0, 0.05) is 12.1 Å². The number of carbonyl (C=O) groups is 1. The van der Waals surface area contributed by atoms with Gasteiger partial charge in [-0.2, -0.15) is 5.26 Å². The highest BCUT2D eigenvalue weighted by Gasteiger charge is 2.24. The third-order valence-corrected chi connectivity index (χ3v) is 2.34. The van der Waals surface area contributed by atoms with Crippen LogP contribution in [0.3, 0.4) is 0 Å². The predicted octanol–water partition coefficient (Wildman–Crippen LogP) is 2.84. The van der Waals surface area contributed by atoms with E-state index in [-0.39, 0.29) is 5.92 Å². The highest BCUT2D eigenvalue weighted by Crippen LogP contribution is 2.22. The molecule has 1 rings (SSSR count). The molecule has 6 heteroatoms. The molecule has 0 aliphatic carbocycles. The summed E-state index contributed by atoms with van der Waals surface area (Å²) in [7, 11) is 0. The number of nitriles is 1. The number of carbonyl (C=O) groups excluding carboxylic acids is 1. The van der Waals surface area contributed by atoms with Crippen LogP contribution < -0.4 is 5.32 Å². The van der Waals surface area contributed by atoms with Crippen molar-refractivity contribution in [3.63, 3.8) is 0 Å². The second kappa shape index (κ2) is 5.54. The van der Waals surface area contributed by atoms with E-state index in [0.717, 1.165) is 0 Å². The molecule has 0 saturated carbocycles. The molecule has 1 aromatic rings. The van der Waals surface area contributed by atoms with Gasteiger partial charge in [0.15, 0.2) is 11.6 Å². The second-order valence-corrected chi connectivity index (χ2v) is 4.08. The summed E-state index contributed by atoms with van der Waals surface area (Å²) in [6.45, 7) is 3.26. The van der Waals surface area contributed by atoms with E-state index in [1.54, 1.807) is 19.9 Å². The van der Waals surface area contributed by atoms with Crippen molar-refractivity contribution < 1.29 is 18.0 Å². The molecule has 1 amide bonds. The van der Waals surface area contributed by atoms with E-state index >= 15 is 0 Å². The van der Waals surface area contributed by atoms with Gasteiger partial charge in [0.25, 0.3) is 0 Å². The number of nitrogens with zero attached hydrogens (tertiary/aromatic N) is 1. The summed E-state index contributed by atoms with van der Waals surface area (Å²) in [6, 6.07) is 2.65. The maximum absolute atomic E-state index is 13.3. The van der Waals surface area contributed by atoms with E-state index in [1.807, 2.05) is 5.32 Å². The first kappa shape index (κ1) is 14.0. The molecule has 3 nitrogen and oxygen atoms in total. The molecule has 0 bridgehead atoms. The van der Waals surface area contributed by atoms with Crippen LogP contribution in [0, 0.1) is 40.6 Å². The van der Waals surface area contributed by atoms with Crippen LogP contribution in [0.25, 0.3) is 0 Å². The largest absolute Gasteiger partial charge is 0.320 e. The van der Waals surface area contributed by atoms with Crippen LogP contribution in [0.4, 0.5) is 18.9 Å². The quantitative estimate of drug-likeness (QED) is 0.904. The highest BCUT2D eigenvalue weighted by atomic mass is 19.1. The van der Waals surface area contributed by atoms with Crippen LogP contribution in [0.15, 0.2) is 12.1 Å². The van der Waals surface area contributed by atoms with Gasteiger partial charge in [0.2, 0.25) is 5.91 Å². The molecule has 0 fully saturated rings. The van der Waals surface area contributed by atoms with Crippen LogP contribution in [0.5, 0.6) is 0 Å². The molecule has 0 aromatic heterocycles. The van der Waals surface area contributed by atoms with Gasteiger partial charge in [-0.05, 0) is 5.92 Å². The van der Waals surface area contributed by atoms with E-state index in [9.17, 15) is 18.0 Å². The van der Waals surface area contributed by atoms with Gasteiger partial charge in [-0.15, -0.1) is 0 Å². The lowest BCUT2D eigenvalue weighted by atomic mass is 9.96. The van der Waals surface area contributed by atoms with Gasteiger partial charge >= 0.3 is 0 Å². The summed E-state index contributed by atoms with van der Waals surface area (Å²) in [5, 5.41) is 10.7. The molecule has 96 valence electrons. The lowest BCUT2D eigenvalue weighted by Gasteiger charge is -2.14. The van der Waals surface area contributed by atoms with E-state index in [1.165, 1.54) is 0 Å². The average molecular weight is 256 g/mol. The molecule has 0 saturated heterocycles. The van der Waals surface area contributed by atoms with Gasteiger partial charge in [-0.1, -0.05) is 13.8 Å². The van der Waals surface area contributed by atoms with Crippen molar-refractivity contribution >= 4 is 11.6 Å². The number of hydrogen-bond acceptors (Lipinski definition) is 2. The van der Waals surface area contributed by atoms with Gasteiger partial charge in [-0.3, -0.25) is 4.79 Å². The van der Waals surface area contributed by atoms with Crippen LogP contribution in [0.2, 0.25) is 0 Å². The average Bonchev–Trinajstić information content (AvgIpc) is 2.23. The molecular formula is C12H11F3N2O. The third-order valence-electron chi connectivity index (χ3n) is 2.34. The van der Waals surface area contributed by atoms with Crippen molar-refractivity contribution in [1.29, 1.82) is 5.26 Å². The van der Waals surface area contributed by atoms with Crippen LogP contribution in [-0.4, -0.2) is 5.91 Å². The number of amides is 1. The number of nitrogens with one attached hydrogen (secondary N) is 1. The number of benzene rings is 1. The van der Waals surface area contributed by atoms with Gasteiger partial charge in [0.05, 0.1) is 6.07 Å². The van der Waals surface area contributed by atoms with E-state index < -0.39 is 35.0 Å². The Labute approximate surface area is 102 Å². The molecule has 0 heterocycles. The molecule has 1 N–H and O–H groups in total. The topological polar surface area (TPSA) is 52.9 Å². The van der Waals surface area contributed by atoms with Crippen molar-refractivity contribution in [2.45, 2.75) is 13.8 Å². The maximum atomic E-state index is 13.3. The van der Waals surface area contributed by atoms with Crippen molar-refractivity contribution in [2.24, 2.45) is 11.8 Å². The Balaban J connectivity index is 2.99. The Morgan fingerprint density at radius 2 is 1.78 bits per heavy atom. The Kier molecular flexibility index (Phi) is 4.32. The molecule has 0 radical (unpaired) electrons. The minimum absolute atomic E-state index is 0.304. The summed E-state index contributed by atoms with van der Waals surface area (Å²) in [6.07, 6.45) is 0. The smallest absolute Gasteiger partial charge is 0.242 e.